The average molecular weight is 332 g/mol. The topological polar surface area (TPSA) is 37.0 Å². The van der Waals surface area contributed by atoms with Gasteiger partial charge in [-0.15, -0.1) is 0 Å². The molecule has 0 aliphatic rings. The highest BCUT2D eigenvalue weighted by Gasteiger charge is 2.02. The molecule has 0 spiro atoms. The minimum Gasteiger partial charge on any atom is -0.383 e. The van der Waals surface area contributed by atoms with E-state index in [-0.39, 0.29) is 0 Å². The molecule has 112 valence electrons. The molecule has 2 aromatic carbocycles. The summed E-state index contributed by atoms with van der Waals surface area (Å²) in [6, 6.07) is 15.4. The van der Waals surface area contributed by atoms with Gasteiger partial charge in [0.25, 0.3) is 0 Å². The number of aromatic nitrogens is 1. The maximum absolute atomic E-state index is 6.00. The minimum atomic E-state index is 0.696. The van der Waals surface area contributed by atoms with Gasteiger partial charge in [-0.1, -0.05) is 23.2 Å². The lowest BCUT2D eigenvalue weighted by Gasteiger charge is -2.11. The van der Waals surface area contributed by atoms with E-state index in [1.165, 1.54) is 0 Å². The lowest BCUT2D eigenvalue weighted by atomic mass is 10.2. The maximum Gasteiger partial charge on any atom is 0.0737 e. The Morgan fingerprint density at radius 3 is 2.36 bits per heavy atom. The Hall–Kier alpha value is -1.97. The van der Waals surface area contributed by atoms with Crippen molar-refractivity contribution in [2.45, 2.75) is 0 Å². The number of halogens is 2. The zero-order valence-corrected chi connectivity index (χ0v) is 13.3. The number of fused-ring (bicyclic) bond motifs is 1. The quantitative estimate of drug-likeness (QED) is 0.641. The van der Waals surface area contributed by atoms with Crippen LogP contribution in [0.15, 0.2) is 54.7 Å². The molecule has 0 saturated carbocycles. The Bertz CT molecular complexity index is 772. The molecular formula is C17H15Cl2N3. The van der Waals surface area contributed by atoms with Crippen LogP contribution in [0.1, 0.15) is 0 Å². The highest BCUT2D eigenvalue weighted by molar-refractivity contribution is 6.31. The number of nitrogens with zero attached hydrogens (tertiary/aromatic N) is 1. The molecule has 0 unspecified atom stereocenters. The van der Waals surface area contributed by atoms with Crippen molar-refractivity contribution in [2.75, 3.05) is 23.7 Å². The zero-order chi connectivity index (χ0) is 15.4. The fraction of sp³-hybridized carbons (Fsp3) is 0.118. The molecule has 0 atom stereocenters. The second kappa shape index (κ2) is 6.86. The highest BCUT2D eigenvalue weighted by Crippen LogP contribution is 2.24. The first-order chi connectivity index (χ1) is 10.7. The average Bonchev–Trinajstić information content (AvgIpc) is 2.53. The largest absolute Gasteiger partial charge is 0.383 e. The summed E-state index contributed by atoms with van der Waals surface area (Å²) in [4.78, 5) is 4.33. The summed E-state index contributed by atoms with van der Waals surface area (Å²) in [6.45, 7) is 1.60. The number of benzene rings is 2. The molecule has 0 aliphatic heterocycles. The van der Waals surface area contributed by atoms with Crippen LogP contribution in [0, 0.1) is 0 Å². The first kappa shape index (κ1) is 14.9. The van der Waals surface area contributed by atoms with E-state index in [2.05, 4.69) is 15.6 Å². The number of rotatable bonds is 5. The van der Waals surface area contributed by atoms with Gasteiger partial charge in [0.1, 0.15) is 0 Å². The van der Waals surface area contributed by atoms with Crippen molar-refractivity contribution in [3.63, 3.8) is 0 Å². The summed E-state index contributed by atoms with van der Waals surface area (Å²) in [5.41, 5.74) is 3.00. The van der Waals surface area contributed by atoms with E-state index in [1.54, 1.807) is 6.20 Å². The molecule has 1 heterocycles. The van der Waals surface area contributed by atoms with Crippen molar-refractivity contribution in [3.8, 4) is 0 Å². The van der Waals surface area contributed by atoms with Crippen molar-refractivity contribution < 1.29 is 0 Å². The molecular weight excluding hydrogens is 317 g/mol. The Morgan fingerprint density at radius 1 is 0.818 bits per heavy atom. The summed E-state index contributed by atoms with van der Waals surface area (Å²) in [7, 11) is 0. The predicted molar refractivity (Wildman–Crippen MR) is 95.2 cm³/mol. The second-order valence-corrected chi connectivity index (χ2v) is 5.75. The van der Waals surface area contributed by atoms with Gasteiger partial charge in [-0.3, -0.25) is 4.98 Å². The van der Waals surface area contributed by atoms with Crippen LogP contribution in [-0.4, -0.2) is 18.1 Å². The fourth-order valence-corrected chi connectivity index (χ4v) is 2.54. The molecule has 0 bridgehead atoms. The normalized spacial score (nSPS) is 10.6. The third kappa shape index (κ3) is 3.62. The molecule has 0 radical (unpaired) electrons. The summed E-state index contributed by atoms with van der Waals surface area (Å²) in [5, 5.41) is 9.26. The second-order valence-electron chi connectivity index (χ2n) is 4.88. The van der Waals surface area contributed by atoms with E-state index in [1.807, 2.05) is 48.5 Å². The van der Waals surface area contributed by atoms with Crippen LogP contribution in [0.25, 0.3) is 10.9 Å². The Balaban J connectivity index is 1.61. The third-order valence-electron chi connectivity index (χ3n) is 3.32. The third-order valence-corrected chi connectivity index (χ3v) is 3.81. The van der Waals surface area contributed by atoms with Crippen molar-refractivity contribution in [3.05, 3.63) is 64.8 Å². The van der Waals surface area contributed by atoms with Gasteiger partial charge in [0.05, 0.1) is 5.52 Å². The van der Waals surface area contributed by atoms with E-state index < -0.39 is 0 Å². The van der Waals surface area contributed by atoms with Gasteiger partial charge < -0.3 is 10.6 Å². The van der Waals surface area contributed by atoms with Crippen LogP contribution in [0.5, 0.6) is 0 Å². The lowest BCUT2D eigenvalue weighted by molar-refractivity contribution is 1.08. The van der Waals surface area contributed by atoms with Gasteiger partial charge in [0.15, 0.2) is 0 Å². The van der Waals surface area contributed by atoms with Crippen molar-refractivity contribution in [1.82, 2.24) is 4.98 Å². The zero-order valence-electron chi connectivity index (χ0n) is 11.8. The number of pyridine rings is 1. The van der Waals surface area contributed by atoms with Gasteiger partial charge in [-0.2, -0.15) is 0 Å². The summed E-state index contributed by atoms with van der Waals surface area (Å²) >= 11 is 11.9. The molecule has 3 rings (SSSR count). The smallest absolute Gasteiger partial charge is 0.0737 e. The Labute approximate surface area is 139 Å². The number of nitrogens with one attached hydrogen (secondary N) is 2. The van der Waals surface area contributed by atoms with Crippen LogP contribution in [0.2, 0.25) is 10.0 Å². The minimum absolute atomic E-state index is 0.696. The van der Waals surface area contributed by atoms with Crippen molar-refractivity contribution in [2.24, 2.45) is 0 Å². The maximum atomic E-state index is 6.00. The first-order valence-corrected chi connectivity index (χ1v) is 7.75. The van der Waals surface area contributed by atoms with E-state index in [9.17, 15) is 0 Å². The van der Waals surface area contributed by atoms with Gasteiger partial charge >= 0.3 is 0 Å². The predicted octanol–water partition coefficient (Wildman–Crippen LogP) is 5.07. The van der Waals surface area contributed by atoms with Crippen molar-refractivity contribution >= 4 is 45.5 Å². The number of anilines is 2. The molecule has 1 aromatic heterocycles. The van der Waals surface area contributed by atoms with Crippen LogP contribution < -0.4 is 10.6 Å². The van der Waals surface area contributed by atoms with E-state index in [0.717, 1.165) is 40.4 Å². The molecule has 3 aromatic rings. The molecule has 0 fully saturated rings. The number of hydrogen-bond donors (Lipinski definition) is 2. The van der Waals surface area contributed by atoms with Crippen molar-refractivity contribution in [1.29, 1.82) is 0 Å². The summed E-state index contributed by atoms with van der Waals surface area (Å²) in [5.74, 6) is 0. The standard InChI is InChI=1S/C17H15Cl2N3/c18-12-1-4-14(5-2-12)20-9-10-22-16-7-8-21-17-11-13(19)3-6-15(16)17/h1-8,11,20H,9-10H2,(H,21,22). The number of hydrogen-bond acceptors (Lipinski definition) is 3. The van der Waals surface area contributed by atoms with Gasteiger partial charge in [0.2, 0.25) is 0 Å². The van der Waals surface area contributed by atoms with Crippen LogP contribution in [0.4, 0.5) is 11.4 Å². The van der Waals surface area contributed by atoms with Gasteiger partial charge in [-0.05, 0) is 48.5 Å². The highest BCUT2D eigenvalue weighted by atomic mass is 35.5. The first-order valence-electron chi connectivity index (χ1n) is 7.00. The summed E-state index contributed by atoms with van der Waals surface area (Å²) < 4.78 is 0. The van der Waals surface area contributed by atoms with Gasteiger partial charge in [-0.25, -0.2) is 0 Å². The lowest BCUT2D eigenvalue weighted by Crippen LogP contribution is -2.13. The fourth-order valence-electron chi connectivity index (χ4n) is 2.25. The van der Waals surface area contributed by atoms with Crippen LogP contribution in [0.3, 0.4) is 0 Å². The Kier molecular flexibility index (Phi) is 4.66. The van der Waals surface area contributed by atoms with Gasteiger partial charge in [0, 0.05) is 46.1 Å². The molecule has 2 N–H and O–H groups in total. The van der Waals surface area contributed by atoms with E-state index in [4.69, 9.17) is 23.2 Å². The molecule has 0 amide bonds. The van der Waals surface area contributed by atoms with Crippen LogP contribution in [-0.2, 0) is 0 Å². The molecule has 0 aliphatic carbocycles. The SMILES string of the molecule is Clc1ccc(NCCNc2ccnc3cc(Cl)ccc23)cc1. The van der Waals surface area contributed by atoms with E-state index >= 15 is 0 Å². The molecule has 22 heavy (non-hydrogen) atoms. The van der Waals surface area contributed by atoms with Crippen LogP contribution >= 0.6 is 23.2 Å². The molecule has 3 nitrogen and oxygen atoms in total. The summed E-state index contributed by atoms with van der Waals surface area (Å²) in [6.07, 6.45) is 1.79. The molecule has 5 heteroatoms. The van der Waals surface area contributed by atoms with E-state index in [0.29, 0.717) is 5.02 Å². The Morgan fingerprint density at radius 2 is 1.55 bits per heavy atom. The molecule has 0 saturated heterocycles. The monoisotopic (exact) mass is 331 g/mol.